The molecule has 1 aromatic heterocycles. The SMILES string of the molecule is CC#C[C@@H](C)NC(=O)c1cc(NCCC)cc(-c2nnc(C(C)CN)o2)c1.CS.Cc1ccccc1. The molecule has 0 saturated carbocycles. The van der Waals surface area contributed by atoms with Crippen LogP contribution in [-0.2, 0) is 0 Å². The van der Waals surface area contributed by atoms with Crippen LogP contribution in [0.3, 0.4) is 0 Å². The monoisotopic (exact) mass is 509 g/mol. The molecule has 4 N–H and O–H groups in total. The van der Waals surface area contributed by atoms with Crippen molar-refractivity contribution in [1.82, 2.24) is 15.5 Å². The quantitative estimate of drug-likeness (QED) is 0.242. The average Bonchev–Trinajstić information content (AvgIpc) is 3.39. The number of aryl methyl sites for hydroxylation is 1. The van der Waals surface area contributed by atoms with E-state index >= 15 is 0 Å². The Morgan fingerprint density at radius 3 is 2.39 bits per heavy atom. The molecule has 194 valence electrons. The molecule has 0 fully saturated rings. The lowest BCUT2D eigenvalue weighted by Gasteiger charge is -2.12. The Bertz CT molecular complexity index is 1110. The van der Waals surface area contributed by atoms with Crippen molar-refractivity contribution in [3.8, 4) is 23.3 Å². The van der Waals surface area contributed by atoms with Gasteiger partial charge in [0.2, 0.25) is 11.8 Å². The minimum atomic E-state index is -0.237. The summed E-state index contributed by atoms with van der Waals surface area (Å²) in [6, 6.07) is 15.5. The molecule has 36 heavy (non-hydrogen) atoms. The molecular formula is C28H39N5O2S. The van der Waals surface area contributed by atoms with Crippen molar-refractivity contribution in [2.24, 2.45) is 5.73 Å². The summed E-state index contributed by atoms with van der Waals surface area (Å²) >= 11 is 3.53. The number of benzene rings is 2. The van der Waals surface area contributed by atoms with Crippen LogP contribution < -0.4 is 16.4 Å². The van der Waals surface area contributed by atoms with Crippen LogP contribution in [0, 0.1) is 18.8 Å². The summed E-state index contributed by atoms with van der Waals surface area (Å²) in [5.41, 5.74) is 8.99. The first-order valence-electron chi connectivity index (χ1n) is 12.0. The highest BCUT2D eigenvalue weighted by molar-refractivity contribution is 7.79. The summed E-state index contributed by atoms with van der Waals surface area (Å²) in [6.45, 7) is 10.9. The molecule has 0 radical (unpaired) electrons. The van der Waals surface area contributed by atoms with Crippen molar-refractivity contribution >= 4 is 24.2 Å². The Morgan fingerprint density at radius 2 is 1.83 bits per heavy atom. The number of rotatable bonds is 8. The van der Waals surface area contributed by atoms with Crippen molar-refractivity contribution in [3.63, 3.8) is 0 Å². The van der Waals surface area contributed by atoms with Gasteiger partial charge >= 0.3 is 0 Å². The second kappa shape index (κ2) is 17.2. The number of nitrogens with two attached hydrogens (primary N) is 1. The highest BCUT2D eigenvalue weighted by atomic mass is 32.1. The number of anilines is 1. The van der Waals surface area contributed by atoms with Gasteiger partial charge in [-0.05, 0) is 51.6 Å². The van der Waals surface area contributed by atoms with E-state index in [0.717, 1.165) is 18.7 Å². The number of amides is 1. The third-order valence-corrected chi connectivity index (χ3v) is 4.89. The van der Waals surface area contributed by atoms with Crippen LogP contribution in [0.2, 0.25) is 0 Å². The van der Waals surface area contributed by atoms with Crippen molar-refractivity contribution in [2.45, 2.75) is 53.0 Å². The molecule has 7 nitrogen and oxygen atoms in total. The fourth-order valence-corrected chi connectivity index (χ4v) is 2.97. The summed E-state index contributed by atoms with van der Waals surface area (Å²) in [4.78, 5) is 12.6. The van der Waals surface area contributed by atoms with Gasteiger partial charge in [0, 0.05) is 35.8 Å². The number of hydrogen-bond acceptors (Lipinski definition) is 7. The van der Waals surface area contributed by atoms with Gasteiger partial charge in [-0.3, -0.25) is 4.79 Å². The van der Waals surface area contributed by atoms with Crippen LogP contribution in [0.25, 0.3) is 11.5 Å². The Morgan fingerprint density at radius 1 is 1.14 bits per heavy atom. The van der Waals surface area contributed by atoms with E-state index in [2.05, 4.69) is 71.3 Å². The molecule has 1 unspecified atom stereocenters. The van der Waals surface area contributed by atoms with Gasteiger partial charge in [-0.15, -0.1) is 16.1 Å². The second-order valence-electron chi connectivity index (χ2n) is 8.05. The van der Waals surface area contributed by atoms with Gasteiger partial charge in [-0.1, -0.05) is 55.7 Å². The Balaban J connectivity index is 0.000000609. The molecule has 0 spiro atoms. The zero-order chi connectivity index (χ0) is 26.9. The minimum Gasteiger partial charge on any atom is -0.420 e. The largest absolute Gasteiger partial charge is 0.420 e. The van der Waals surface area contributed by atoms with E-state index in [-0.39, 0.29) is 17.9 Å². The van der Waals surface area contributed by atoms with Crippen molar-refractivity contribution in [3.05, 3.63) is 65.5 Å². The van der Waals surface area contributed by atoms with Gasteiger partial charge in [0.05, 0.1) is 6.04 Å². The van der Waals surface area contributed by atoms with Crippen LogP contribution in [0.1, 0.15) is 61.8 Å². The summed E-state index contributed by atoms with van der Waals surface area (Å²) in [6.07, 6.45) is 2.66. The maximum Gasteiger partial charge on any atom is 0.252 e. The molecule has 3 aromatic rings. The number of thiol groups is 1. The van der Waals surface area contributed by atoms with E-state index in [0.29, 0.717) is 29.5 Å². The third-order valence-electron chi connectivity index (χ3n) is 4.89. The van der Waals surface area contributed by atoms with E-state index in [4.69, 9.17) is 10.2 Å². The normalized spacial score (nSPS) is 11.3. The molecule has 1 amide bonds. The van der Waals surface area contributed by atoms with Gasteiger partial charge in [0.15, 0.2) is 0 Å². The number of carbonyl (C=O) groups excluding carboxylic acids is 1. The highest BCUT2D eigenvalue weighted by Crippen LogP contribution is 2.26. The summed E-state index contributed by atoms with van der Waals surface area (Å²) in [5, 5.41) is 14.3. The van der Waals surface area contributed by atoms with Gasteiger partial charge in [0.25, 0.3) is 5.91 Å². The number of nitrogens with zero attached hydrogens (tertiary/aromatic N) is 2. The predicted octanol–water partition coefficient (Wildman–Crippen LogP) is 5.30. The number of hydrogen-bond donors (Lipinski definition) is 4. The Kier molecular flexibility index (Phi) is 14.7. The molecule has 0 bridgehead atoms. The zero-order valence-electron chi connectivity index (χ0n) is 22.1. The van der Waals surface area contributed by atoms with Gasteiger partial charge in [0.1, 0.15) is 0 Å². The fourth-order valence-electron chi connectivity index (χ4n) is 2.97. The Labute approximate surface area is 221 Å². The summed E-state index contributed by atoms with van der Waals surface area (Å²) in [5.74, 6) is 6.33. The fraction of sp³-hybridized carbons (Fsp3) is 0.393. The molecule has 0 aliphatic rings. The Hall–Kier alpha value is -3.28. The summed E-state index contributed by atoms with van der Waals surface area (Å²) in [7, 11) is 0. The van der Waals surface area contributed by atoms with E-state index < -0.39 is 0 Å². The second-order valence-corrected chi connectivity index (χ2v) is 8.05. The summed E-state index contributed by atoms with van der Waals surface area (Å²) < 4.78 is 5.75. The molecule has 3 rings (SSSR count). The van der Waals surface area contributed by atoms with Crippen LogP contribution in [0.5, 0.6) is 0 Å². The molecule has 0 aliphatic carbocycles. The standard InChI is InChI=1S/C20H27N5O2.C7H8.CH4S/c1-5-7-14(4)23-18(26)15-9-16(11-17(10-15)22-8-6-2)20-25-24-19(27-20)13(3)12-21;1-7-5-3-2-4-6-7;1-2/h9-11,13-14,22H,6,8,12,21H2,1-4H3,(H,23,26);2-6H,1H3;2H,1H3/t13?,14-;;/m1../s1. The molecule has 0 saturated heterocycles. The van der Waals surface area contributed by atoms with Crippen molar-refractivity contribution in [2.75, 3.05) is 24.7 Å². The first-order valence-corrected chi connectivity index (χ1v) is 12.9. The van der Waals surface area contributed by atoms with Crippen LogP contribution in [0.15, 0.2) is 52.9 Å². The van der Waals surface area contributed by atoms with Crippen LogP contribution in [-0.4, -0.2) is 41.5 Å². The van der Waals surface area contributed by atoms with Crippen molar-refractivity contribution in [1.29, 1.82) is 0 Å². The van der Waals surface area contributed by atoms with E-state index in [1.165, 1.54) is 5.56 Å². The van der Waals surface area contributed by atoms with Crippen LogP contribution in [0.4, 0.5) is 5.69 Å². The smallest absolute Gasteiger partial charge is 0.252 e. The lowest BCUT2D eigenvalue weighted by Crippen LogP contribution is -2.31. The maximum absolute atomic E-state index is 12.6. The van der Waals surface area contributed by atoms with Crippen LogP contribution >= 0.6 is 12.6 Å². The molecule has 2 atom stereocenters. The average molecular weight is 510 g/mol. The highest BCUT2D eigenvalue weighted by Gasteiger charge is 2.17. The van der Waals surface area contributed by atoms with Crippen molar-refractivity contribution < 1.29 is 9.21 Å². The first kappa shape index (κ1) is 30.8. The van der Waals surface area contributed by atoms with Gasteiger partial charge in [-0.2, -0.15) is 12.6 Å². The van der Waals surface area contributed by atoms with E-state index in [9.17, 15) is 4.79 Å². The maximum atomic E-state index is 12.6. The third kappa shape index (κ3) is 10.5. The van der Waals surface area contributed by atoms with E-state index in [1.807, 2.05) is 38.1 Å². The van der Waals surface area contributed by atoms with Gasteiger partial charge < -0.3 is 20.8 Å². The number of carbonyl (C=O) groups is 1. The molecule has 2 aromatic carbocycles. The lowest BCUT2D eigenvalue weighted by atomic mass is 10.1. The lowest BCUT2D eigenvalue weighted by molar-refractivity contribution is 0.0948. The zero-order valence-corrected chi connectivity index (χ0v) is 23.0. The molecular weight excluding hydrogens is 470 g/mol. The molecule has 8 heteroatoms. The first-order chi connectivity index (χ1) is 17.4. The number of aromatic nitrogens is 2. The topological polar surface area (TPSA) is 106 Å². The molecule has 0 aliphatic heterocycles. The molecule has 1 heterocycles. The predicted molar refractivity (Wildman–Crippen MR) is 152 cm³/mol. The van der Waals surface area contributed by atoms with Gasteiger partial charge in [-0.25, -0.2) is 0 Å². The minimum absolute atomic E-state index is 0.0242. The number of nitrogens with one attached hydrogen (secondary N) is 2. The van der Waals surface area contributed by atoms with E-state index in [1.54, 1.807) is 25.3 Å².